The van der Waals surface area contributed by atoms with Crippen LogP contribution in [0.3, 0.4) is 0 Å². The fourth-order valence-corrected chi connectivity index (χ4v) is 4.60. The van der Waals surface area contributed by atoms with Gasteiger partial charge in [0.15, 0.2) is 0 Å². The molecule has 2 nitrogen and oxygen atoms in total. The second-order valence-corrected chi connectivity index (χ2v) is 10.8. The SMILES string of the molecule is O=C(Oc1ccc(SCCC(F)(F)C(F)(F)C(F)(F)C(F)(F)C(F)(F)C(F)(F)F)cc1)c1ccc(-c2ccc(C(F)(F)F)cc2)cc1. The highest BCUT2D eigenvalue weighted by atomic mass is 32.2. The zero-order chi connectivity index (χ0) is 35.9. The van der Waals surface area contributed by atoms with Crippen LogP contribution >= 0.6 is 11.8 Å². The van der Waals surface area contributed by atoms with E-state index in [0.717, 1.165) is 36.4 Å². The third kappa shape index (κ3) is 7.43. The van der Waals surface area contributed by atoms with Crippen LogP contribution < -0.4 is 4.74 Å². The lowest BCUT2D eigenvalue weighted by atomic mass is 9.93. The first-order chi connectivity index (χ1) is 21.3. The van der Waals surface area contributed by atoms with Gasteiger partial charge in [-0.2, -0.15) is 70.2 Å². The van der Waals surface area contributed by atoms with Crippen molar-refractivity contribution in [1.29, 1.82) is 0 Å². The third-order valence-corrected chi connectivity index (χ3v) is 7.40. The first-order valence-corrected chi connectivity index (χ1v) is 13.4. The van der Waals surface area contributed by atoms with E-state index in [0.29, 0.717) is 11.1 Å². The van der Waals surface area contributed by atoms with Crippen molar-refractivity contribution in [2.24, 2.45) is 0 Å². The standard InChI is InChI=1S/C28H16F16O2S/c29-22(30,24(34,35)25(36,37)26(38,39)27(40,41)28(42,43)44)13-14-47-20-11-9-19(10-12-20)46-21(45)17-3-1-15(2-4-17)16-5-7-18(8-6-16)23(31,32)33/h1-12H,13-14H2. The summed E-state index contributed by atoms with van der Waals surface area (Å²) in [4.78, 5) is 12.4. The Balaban J connectivity index is 1.61. The summed E-state index contributed by atoms with van der Waals surface area (Å²) in [7, 11) is 0. The first kappa shape index (κ1) is 37.8. The number of carbonyl (C=O) groups is 1. The molecule has 3 aromatic rings. The van der Waals surface area contributed by atoms with Gasteiger partial charge in [0.2, 0.25) is 0 Å². The number of alkyl halides is 16. The van der Waals surface area contributed by atoms with Crippen LogP contribution in [0.2, 0.25) is 0 Å². The van der Waals surface area contributed by atoms with Gasteiger partial charge in [0.25, 0.3) is 0 Å². The molecule has 0 amide bonds. The van der Waals surface area contributed by atoms with Crippen molar-refractivity contribution in [3.63, 3.8) is 0 Å². The number of thioether (sulfide) groups is 1. The highest BCUT2D eigenvalue weighted by Crippen LogP contribution is 2.60. The Kier molecular flexibility index (Phi) is 10.3. The molecule has 19 heteroatoms. The van der Waals surface area contributed by atoms with Gasteiger partial charge in [0.1, 0.15) is 5.75 Å². The van der Waals surface area contributed by atoms with Gasteiger partial charge in [0.05, 0.1) is 11.1 Å². The predicted octanol–water partition coefficient (Wildman–Crippen LogP) is 10.8. The summed E-state index contributed by atoms with van der Waals surface area (Å²) < 4.78 is 215. The molecule has 0 aliphatic rings. The summed E-state index contributed by atoms with van der Waals surface area (Å²) in [5.74, 6) is -39.5. The number of hydrogen-bond acceptors (Lipinski definition) is 3. The molecule has 0 atom stereocenters. The molecule has 0 heterocycles. The molecule has 0 spiro atoms. The van der Waals surface area contributed by atoms with Crippen LogP contribution in [0.15, 0.2) is 77.7 Å². The number of benzene rings is 3. The molecule has 0 fully saturated rings. The minimum absolute atomic E-state index is 0.0161. The van der Waals surface area contributed by atoms with E-state index in [9.17, 15) is 75.0 Å². The van der Waals surface area contributed by atoms with Gasteiger partial charge in [-0.05, 0) is 59.7 Å². The van der Waals surface area contributed by atoms with E-state index in [2.05, 4.69) is 0 Å². The fourth-order valence-electron chi connectivity index (χ4n) is 3.68. The Morgan fingerprint density at radius 1 is 0.553 bits per heavy atom. The summed E-state index contributed by atoms with van der Waals surface area (Å²) >= 11 is 0.240. The summed E-state index contributed by atoms with van der Waals surface area (Å²) in [6.45, 7) is 0. The van der Waals surface area contributed by atoms with Crippen molar-refractivity contribution >= 4 is 17.7 Å². The molecule has 0 saturated carbocycles. The van der Waals surface area contributed by atoms with Crippen LogP contribution in [0.1, 0.15) is 22.3 Å². The monoisotopic (exact) mass is 720 g/mol. The van der Waals surface area contributed by atoms with E-state index in [-0.39, 0.29) is 28.0 Å². The van der Waals surface area contributed by atoms with Gasteiger partial charge in [-0.15, -0.1) is 11.8 Å². The molecule has 3 aromatic carbocycles. The molecule has 0 saturated heterocycles. The lowest BCUT2D eigenvalue weighted by molar-refractivity contribution is -0.439. The van der Waals surface area contributed by atoms with Gasteiger partial charge in [0, 0.05) is 17.1 Å². The van der Waals surface area contributed by atoms with Crippen LogP contribution in [0.25, 0.3) is 11.1 Å². The maximum Gasteiger partial charge on any atom is 0.460 e. The average Bonchev–Trinajstić information content (AvgIpc) is 2.96. The van der Waals surface area contributed by atoms with Crippen molar-refractivity contribution in [1.82, 2.24) is 0 Å². The topological polar surface area (TPSA) is 26.3 Å². The quantitative estimate of drug-likeness (QED) is 0.0854. The molecule has 3 rings (SSSR count). The lowest BCUT2D eigenvalue weighted by Crippen LogP contribution is -2.70. The van der Waals surface area contributed by atoms with Gasteiger partial charge >= 0.3 is 47.9 Å². The molecule has 0 radical (unpaired) electrons. The van der Waals surface area contributed by atoms with E-state index < -0.39 is 65.7 Å². The number of carbonyl (C=O) groups excluding carboxylic acids is 1. The third-order valence-electron chi connectivity index (χ3n) is 6.38. The van der Waals surface area contributed by atoms with E-state index in [1.54, 1.807) is 0 Å². The number of hydrogen-bond donors (Lipinski definition) is 0. The van der Waals surface area contributed by atoms with Crippen molar-refractivity contribution in [2.75, 3.05) is 5.75 Å². The first-order valence-electron chi connectivity index (χ1n) is 12.4. The molecule has 0 aromatic heterocycles. The van der Waals surface area contributed by atoms with Gasteiger partial charge in [-0.1, -0.05) is 24.3 Å². The molecular weight excluding hydrogens is 704 g/mol. The largest absolute Gasteiger partial charge is 0.460 e. The second kappa shape index (κ2) is 12.8. The number of ether oxygens (including phenoxy) is 1. The maximum atomic E-state index is 14.0. The minimum Gasteiger partial charge on any atom is -0.423 e. The lowest BCUT2D eigenvalue weighted by Gasteiger charge is -2.39. The van der Waals surface area contributed by atoms with E-state index in [1.165, 1.54) is 36.4 Å². The van der Waals surface area contributed by atoms with Crippen LogP contribution in [0.4, 0.5) is 70.2 Å². The zero-order valence-electron chi connectivity index (χ0n) is 22.6. The van der Waals surface area contributed by atoms with Crippen LogP contribution in [0.5, 0.6) is 5.75 Å². The molecule has 0 aliphatic heterocycles. The van der Waals surface area contributed by atoms with Crippen LogP contribution in [-0.4, -0.2) is 47.5 Å². The van der Waals surface area contributed by atoms with Gasteiger partial charge in [-0.25, -0.2) is 4.79 Å². The fraction of sp³-hybridized carbons (Fsp3) is 0.321. The summed E-state index contributed by atoms with van der Waals surface area (Å²) in [5, 5.41) is 0. The van der Waals surface area contributed by atoms with E-state index >= 15 is 0 Å². The van der Waals surface area contributed by atoms with Crippen molar-refractivity contribution in [2.45, 2.75) is 53.3 Å². The van der Waals surface area contributed by atoms with Crippen molar-refractivity contribution in [3.05, 3.63) is 83.9 Å². The molecule has 47 heavy (non-hydrogen) atoms. The predicted molar refractivity (Wildman–Crippen MR) is 134 cm³/mol. The Bertz CT molecular complexity index is 1530. The summed E-state index contributed by atoms with van der Waals surface area (Å²) in [5.41, 5.74) is -0.0215. The Morgan fingerprint density at radius 3 is 1.45 bits per heavy atom. The zero-order valence-corrected chi connectivity index (χ0v) is 23.4. The van der Waals surface area contributed by atoms with Gasteiger partial charge in [-0.3, -0.25) is 0 Å². The van der Waals surface area contributed by atoms with Crippen molar-refractivity contribution < 1.29 is 79.8 Å². The van der Waals surface area contributed by atoms with Crippen molar-refractivity contribution in [3.8, 4) is 16.9 Å². The average molecular weight is 720 g/mol. The molecule has 258 valence electrons. The number of halogens is 16. The summed E-state index contributed by atoms with van der Waals surface area (Å²) in [6.07, 6.45) is -14.4. The molecule has 0 bridgehead atoms. The summed E-state index contributed by atoms with van der Waals surface area (Å²) in [6, 6.07) is 13.8. The minimum atomic E-state index is -7.96. The van der Waals surface area contributed by atoms with Crippen LogP contribution in [-0.2, 0) is 6.18 Å². The number of esters is 1. The second-order valence-electron chi connectivity index (χ2n) is 9.61. The van der Waals surface area contributed by atoms with Gasteiger partial charge < -0.3 is 4.74 Å². The Morgan fingerprint density at radius 2 is 1.00 bits per heavy atom. The smallest absolute Gasteiger partial charge is 0.423 e. The maximum absolute atomic E-state index is 14.0. The highest BCUT2D eigenvalue weighted by molar-refractivity contribution is 7.99. The molecular formula is C28H16F16O2S. The Labute approximate surface area is 257 Å². The van der Waals surface area contributed by atoms with E-state index in [4.69, 9.17) is 4.74 Å². The molecule has 0 aliphatic carbocycles. The Hall–Kier alpha value is -3.64. The normalized spacial score (nSPS) is 13.9. The molecule has 0 unspecified atom stereocenters. The van der Waals surface area contributed by atoms with E-state index in [1.807, 2.05) is 0 Å². The van der Waals surface area contributed by atoms with Crippen LogP contribution in [0, 0.1) is 0 Å². The highest BCUT2D eigenvalue weighted by Gasteiger charge is 2.90. The number of rotatable bonds is 11. The molecule has 0 N–H and O–H groups in total.